The summed E-state index contributed by atoms with van der Waals surface area (Å²) in [7, 11) is 1.53. The van der Waals surface area contributed by atoms with E-state index in [9.17, 15) is 9.59 Å². The van der Waals surface area contributed by atoms with Crippen LogP contribution in [0.5, 0.6) is 0 Å². The second kappa shape index (κ2) is 5.51. The zero-order chi connectivity index (χ0) is 12.8. The van der Waals surface area contributed by atoms with Crippen LogP contribution < -0.4 is 10.2 Å². The number of carbonyl (C=O) groups is 2. The van der Waals surface area contributed by atoms with Crippen molar-refractivity contribution < 1.29 is 14.7 Å². The Balaban J connectivity index is 2.68. The zero-order valence-corrected chi connectivity index (χ0v) is 9.17. The van der Waals surface area contributed by atoms with Crippen molar-refractivity contribution in [2.24, 2.45) is 0 Å². The number of benzene rings is 1. The Kier molecular flexibility index (Phi) is 4.06. The molecule has 1 aromatic rings. The van der Waals surface area contributed by atoms with Gasteiger partial charge in [0, 0.05) is 12.7 Å². The summed E-state index contributed by atoms with van der Waals surface area (Å²) >= 11 is 0. The SMILES string of the molecule is CN(C(=O)CNC(=O)O)c1ccc(C#N)cc1. The van der Waals surface area contributed by atoms with Gasteiger partial charge in [-0.3, -0.25) is 4.79 Å². The van der Waals surface area contributed by atoms with E-state index >= 15 is 0 Å². The van der Waals surface area contributed by atoms with Crippen molar-refractivity contribution in [1.29, 1.82) is 5.26 Å². The molecule has 2 amide bonds. The van der Waals surface area contributed by atoms with E-state index in [-0.39, 0.29) is 12.5 Å². The molecule has 2 N–H and O–H groups in total. The number of nitriles is 1. The van der Waals surface area contributed by atoms with Crippen molar-refractivity contribution in [1.82, 2.24) is 5.32 Å². The zero-order valence-electron chi connectivity index (χ0n) is 9.17. The number of carboxylic acid groups (broad SMARTS) is 1. The number of carbonyl (C=O) groups excluding carboxylic acids is 1. The number of amides is 2. The average molecular weight is 233 g/mol. The maximum absolute atomic E-state index is 11.5. The monoisotopic (exact) mass is 233 g/mol. The standard InChI is InChI=1S/C11H11N3O3/c1-14(10(15)7-13-11(16)17)9-4-2-8(6-12)3-5-9/h2-5,13H,7H2,1H3,(H,16,17). The lowest BCUT2D eigenvalue weighted by Gasteiger charge is -2.17. The smallest absolute Gasteiger partial charge is 0.405 e. The van der Waals surface area contributed by atoms with Gasteiger partial charge in [-0.15, -0.1) is 0 Å². The largest absolute Gasteiger partial charge is 0.465 e. The van der Waals surface area contributed by atoms with Crippen LogP contribution >= 0.6 is 0 Å². The second-order valence-electron chi connectivity index (χ2n) is 3.27. The molecule has 0 bridgehead atoms. The van der Waals surface area contributed by atoms with Gasteiger partial charge in [-0.1, -0.05) is 0 Å². The van der Waals surface area contributed by atoms with Gasteiger partial charge in [0.05, 0.1) is 11.6 Å². The quantitative estimate of drug-likeness (QED) is 0.807. The summed E-state index contributed by atoms with van der Waals surface area (Å²) in [6.45, 7) is -0.286. The molecule has 0 saturated carbocycles. The van der Waals surface area contributed by atoms with E-state index in [4.69, 9.17) is 10.4 Å². The van der Waals surface area contributed by atoms with Crippen molar-refractivity contribution >= 4 is 17.7 Å². The minimum absolute atomic E-state index is 0.286. The first-order valence-corrected chi connectivity index (χ1v) is 4.78. The molecule has 0 aliphatic rings. The van der Waals surface area contributed by atoms with Crippen molar-refractivity contribution in [3.05, 3.63) is 29.8 Å². The highest BCUT2D eigenvalue weighted by Gasteiger charge is 2.11. The van der Waals surface area contributed by atoms with Crippen LogP contribution in [-0.2, 0) is 4.79 Å². The third-order valence-electron chi connectivity index (χ3n) is 2.15. The van der Waals surface area contributed by atoms with Crippen molar-refractivity contribution in [3.63, 3.8) is 0 Å². The summed E-state index contributed by atoms with van der Waals surface area (Å²) < 4.78 is 0. The molecule has 0 saturated heterocycles. The molecule has 0 aliphatic carbocycles. The highest BCUT2D eigenvalue weighted by molar-refractivity contribution is 5.95. The molecule has 6 nitrogen and oxygen atoms in total. The summed E-state index contributed by atoms with van der Waals surface area (Å²) in [4.78, 5) is 23.1. The molecular formula is C11H11N3O3. The topological polar surface area (TPSA) is 93.4 Å². The first kappa shape index (κ1) is 12.5. The van der Waals surface area contributed by atoms with Crippen molar-refractivity contribution in [2.75, 3.05) is 18.5 Å². The Labute approximate surface area is 98.1 Å². The number of anilines is 1. The van der Waals surface area contributed by atoms with E-state index < -0.39 is 6.09 Å². The van der Waals surface area contributed by atoms with Gasteiger partial charge in [0.25, 0.3) is 0 Å². The molecular weight excluding hydrogens is 222 g/mol. The maximum atomic E-state index is 11.5. The average Bonchev–Trinajstić information content (AvgIpc) is 2.35. The second-order valence-corrected chi connectivity index (χ2v) is 3.27. The molecule has 1 aromatic carbocycles. The number of hydrogen-bond acceptors (Lipinski definition) is 3. The molecule has 0 unspecified atom stereocenters. The lowest BCUT2D eigenvalue weighted by atomic mass is 10.2. The number of rotatable bonds is 3. The summed E-state index contributed by atoms with van der Waals surface area (Å²) in [5.41, 5.74) is 1.10. The van der Waals surface area contributed by atoms with Crippen LogP contribution in [-0.4, -0.2) is 30.7 Å². The van der Waals surface area contributed by atoms with Crippen LogP contribution in [0.4, 0.5) is 10.5 Å². The lowest BCUT2D eigenvalue weighted by molar-refractivity contribution is -0.117. The Morgan fingerprint density at radius 1 is 1.41 bits per heavy atom. The Morgan fingerprint density at radius 3 is 2.47 bits per heavy atom. The lowest BCUT2D eigenvalue weighted by Crippen LogP contribution is -2.37. The summed E-state index contributed by atoms with van der Waals surface area (Å²) in [6, 6.07) is 8.39. The fourth-order valence-electron chi connectivity index (χ4n) is 1.17. The molecule has 17 heavy (non-hydrogen) atoms. The van der Waals surface area contributed by atoms with E-state index in [1.54, 1.807) is 24.3 Å². The van der Waals surface area contributed by atoms with Crippen LogP contribution in [0.1, 0.15) is 5.56 Å². The number of nitrogens with zero attached hydrogens (tertiary/aromatic N) is 2. The molecule has 0 spiro atoms. The first-order chi connectivity index (χ1) is 8.04. The van der Waals surface area contributed by atoms with E-state index in [1.807, 2.05) is 11.4 Å². The van der Waals surface area contributed by atoms with Gasteiger partial charge in [0.2, 0.25) is 5.91 Å². The highest BCUT2D eigenvalue weighted by Crippen LogP contribution is 2.13. The van der Waals surface area contributed by atoms with Gasteiger partial charge in [-0.05, 0) is 24.3 Å². The highest BCUT2D eigenvalue weighted by atomic mass is 16.4. The summed E-state index contributed by atoms with van der Waals surface area (Å²) in [6.07, 6.45) is -1.24. The van der Waals surface area contributed by atoms with Crippen molar-refractivity contribution in [3.8, 4) is 6.07 Å². The van der Waals surface area contributed by atoms with Gasteiger partial charge >= 0.3 is 6.09 Å². The third kappa shape index (κ3) is 3.50. The van der Waals surface area contributed by atoms with Crippen LogP contribution in [0, 0.1) is 11.3 Å². The predicted molar refractivity (Wildman–Crippen MR) is 60.6 cm³/mol. The summed E-state index contributed by atoms with van der Waals surface area (Å²) in [5, 5.41) is 19.0. The van der Waals surface area contributed by atoms with Crippen LogP contribution in [0.2, 0.25) is 0 Å². The predicted octanol–water partition coefficient (Wildman–Crippen LogP) is 0.789. The Morgan fingerprint density at radius 2 is 2.00 bits per heavy atom. The molecule has 1 rings (SSSR count). The first-order valence-electron chi connectivity index (χ1n) is 4.78. The Hall–Kier alpha value is -2.55. The minimum Gasteiger partial charge on any atom is -0.465 e. The molecule has 0 radical (unpaired) electrons. The number of likely N-dealkylation sites (N-methyl/N-ethyl adjacent to an activating group) is 1. The molecule has 88 valence electrons. The van der Waals surface area contributed by atoms with Gasteiger partial charge in [-0.2, -0.15) is 5.26 Å². The van der Waals surface area contributed by atoms with Gasteiger partial charge < -0.3 is 15.3 Å². The maximum Gasteiger partial charge on any atom is 0.405 e. The van der Waals surface area contributed by atoms with Gasteiger partial charge in [0.15, 0.2) is 0 Å². The third-order valence-corrected chi connectivity index (χ3v) is 2.15. The number of nitrogens with one attached hydrogen (secondary N) is 1. The minimum atomic E-state index is -1.24. The van der Waals surface area contributed by atoms with Crippen LogP contribution in [0.25, 0.3) is 0 Å². The number of hydrogen-bond donors (Lipinski definition) is 2. The Bertz CT molecular complexity index is 462. The molecule has 0 aliphatic heterocycles. The molecule has 6 heteroatoms. The van der Waals surface area contributed by atoms with E-state index in [0.717, 1.165) is 0 Å². The fraction of sp³-hybridized carbons (Fsp3) is 0.182. The van der Waals surface area contributed by atoms with E-state index in [1.165, 1.54) is 11.9 Å². The molecule has 0 fully saturated rings. The van der Waals surface area contributed by atoms with E-state index in [2.05, 4.69) is 0 Å². The molecule has 0 heterocycles. The van der Waals surface area contributed by atoms with Crippen LogP contribution in [0.3, 0.4) is 0 Å². The fourth-order valence-corrected chi connectivity index (χ4v) is 1.17. The molecule has 0 atom stereocenters. The summed E-state index contributed by atoms with van der Waals surface area (Å²) in [5.74, 6) is -0.378. The molecule has 0 aromatic heterocycles. The van der Waals surface area contributed by atoms with Crippen LogP contribution in [0.15, 0.2) is 24.3 Å². The van der Waals surface area contributed by atoms with Gasteiger partial charge in [-0.25, -0.2) is 4.79 Å². The van der Waals surface area contributed by atoms with Crippen molar-refractivity contribution in [2.45, 2.75) is 0 Å². The van der Waals surface area contributed by atoms with Gasteiger partial charge in [0.1, 0.15) is 6.54 Å². The van der Waals surface area contributed by atoms with E-state index in [0.29, 0.717) is 11.3 Å². The normalized spacial score (nSPS) is 9.18.